The average Bonchev–Trinajstić information content (AvgIpc) is 3.38. The second-order valence-electron chi connectivity index (χ2n) is 6.09. The summed E-state index contributed by atoms with van der Waals surface area (Å²) in [7, 11) is 4.98. The summed E-state index contributed by atoms with van der Waals surface area (Å²) >= 11 is 1.50. The molecular formula is C20H22N2O4S. The van der Waals surface area contributed by atoms with Crippen LogP contribution in [-0.2, 0) is 11.2 Å². The zero-order chi connectivity index (χ0) is 19.4. The van der Waals surface area contributed by atoms with E-state index in [0.29, 0.717) is 11.5 Å². The first-order chi connectivity index (χ1) is 13.0. The van der Waals surface area contributed by atoms with Gasteiger partial charge in [0.05, 0.1) is 38.6 Å². The van der Waals surface area contributed by atoms with Gasteiger partial charge >= 0.3 is 0 Å². The second-order valence-corrected chi connectivity index (χ2v) is 6.94. The smallest absolute Gasteiger partial charge is 0.228 e. The number of aromatic nitrogens is 1. The summed E-state index contributed by atoms with van der Waals surface area (Å²) in [4.78, 5) is 18.9. The first kappa shape index (κ1) is 19.0. The van der Waals surface area contributed by atoms with Crippen LogP contribution in [-0.4, -0.2) is 37.1 Å². The normalized spacial score (nSPS) is 11.9. The zero-order valence-corrected chi connectivity index (χ0v) is 16.6. The molecule has 1 aromatic carbocycles. The zero-order valence-electron chi connectivity index (χ0n) is 15.8. The van der Waals surface area contributed by atoms with Gasteiger partial charge in [-0.05, 0) is 37.3 Å². The van der Waals surface area contributed by atoms with E-state index < -0.39 is 0 Å². The topological polar surface area (TPSA) is 64.8 Å². The highest BCUT2D eigenvalue weighted by Gasteiger charge is 2.20. The molecule has 3 rings (SSSR count). The highest BCUT2D eigenvalue weighted by atomic mass is 32.1. The molecule has 0 saturated carbocycles. The maximum Gasteiger partial charge on any atom is 0.228 e. The molecule has 2 aromatic heterocycles. The molecule has 0 N–H and O–H groups in total. The number of carbonyl (C=O) groups excluding carboxylic acids is 1. The molecule has 7 heteroatoms. The molecule has 0 fully saturated rings. The summed E-state index contributed by atoms with van der Waals surface area (Å²) in [6, 6.07) is 9.22. The molecule has 1 unspecified atom stereocenters. The molecule has 0 aliphatic carbocycles. The summed E-state index contributed by atoms with van der Waals surface area (Å²) in [6.45, 7) is 1.94. The molecule has 0 bridgehead atoms. The fourth-order valence-electron chi connectivity index (χ4n) is 2.71. The SMILES string of the molecule is COc1ccc(-c2nc(CC(=O)N(C)C(C)c3ccco3)cs2)cc1OC. The molecule has 0 radical (unpaired) electrons. The Morgan fingerprint density at radius 3 is 2.70 bits per heavy atom. The van der Waals surface area contributed by atoms with E-state index in [-0.39, 0.29) is 18.4 Å². The Morgan fingerprint density at radius 1 is 1.26 bits per heavy atom. The molecule has 6 nitrogen and oxygen atoms in total. The Bertz CT molecular complexity index is 905. The number of carbonyl (C=O) groups is 1. The Morgan fingerprint density at radius 2 is 2.04 bits per heavy atom. The molecule has 0 aliphatic heterocycles. The highest BCUT2D eigenvalue weighted by molar-refractivity contribution is 7.13. The van der Waals surface area contributed by atoms with E-state index in [9.17, 15) is 4.79 Å². The molecule has 3 aromatic rings. The van der Waals surface area contributed by atoms with Gasteiger partial charge in [0.1, 0.15) is 10.8 Å². The van der Waals surface area contributed by atoms with Gasteiger partial charge in [-0.25, -0.2) is 4.98 Å². The standard InChI is InChI=1S/C20H22N2O4S/c1-13(16-6-5-9-26-16)22(2)19(23)11-15-12-27-20(21-15)14-7-8-17(24-3)18(10-14)25-4/h5-10,12-13H,11H2,1-4H3. The number of nitrogens with zero attached hydrogens (tertiary/aromatic N) is 2. The summed E-state index contributed by atoms with van der Waals surface area (Å²) in [5.74, 6) is 2.06. The predicted octanol–water partition coefficient (Wildman–Crippen LogP) is 4.18. The number of ether oxygens (including phenoxy) is 2. The van der Waals surface area contributed by atoms with Crippen molar-refractivity contribution in [1.82, 2.24) is 9.88 Å². The number of hydrogen-bond acceptors (Lipinski definition) is 6. The lowest BCUT2D eigenvalue weighted by molar-refractivity contribution is -0.131. The maximum absolute atomic E-state index is 12.6. The van der Waals surface area contributed by atoms with Crippen molar-refractivity contribution in [3.05, 3.63) is 53.4 Å². The van der Waals surface area contributed by atoms with Crippen LogP contribution in [0.4, 0.5) is 0 Å². The number of amides is 1. The summed E-state index contributed by atoms with van der Waals surface area (Å²) < 4.78 is 16.0. The van der Waals surface area contributed by atoms with Crippen molar-refractivity contribution in [3.63, 3.8) is 0 Å². The predicted molar refractivity (Wildman–Crippen MR) is 104 cm³/mol. The molecule has 0 aliphatic rings. The summed E-state index contributed by atoms with van der Waals surface area (Å²) in [5, 5.41) is 2.75. The third-order valence-corrected chi connectivity index (χ3v) is 5.38. The van der Waals surface area contributed by atoms with Gasteiger partial charge in [0, 0.05) is 18.0 Å². The van der Waals surface area contributed by atoms with Gasteiger partial charge in [-0.2, -0.15) is 0 Å². The van der Waals surface area contributed by atoms with E-state index >= 15 is 0 Å². The molecule has 2 heterocycles. The minimum atomic E-state index is -0.128. The van der Waals surface area contributed by atoms with Crippen LogP contribution >= 0.6 is 11.3 Å². The van der Waals surface area contributed by atoms with Crippen molar-refractivity contribution in [3.8, 4) is 22.1 Å². The van der Waals surface area contributed by atoms with Crippen molar-refractivity contribution in [2.45, 2.75) is 19.4 Å². The van der Waals surface area contributed by atoms with E-state index in [4.69, 9.17) is 13.9 Å². The van der Waals surface area contributed by atoms with Gasteiger partial charge in [0.25, 0.3) is 0 Å². The monoisotopic (exact) mass is 386 g/mol. The van der Waals surface area contributed by atoms with E-state index in [0.717, 1.165) is 22.0 Å². The Labute approximate surface area is 162 Å². The third-order valence-electron chi connectivity index (χ3n) is 4.44. The van der Waals surface area contributed by atoms with Crippen molar-refractivity contribution < 1.29 is 18.7 Å². The molecular weight excluding hydrogens is 364 g/mol. The average molecular weight is 386 g/mol. The minimum Gasteiger partial charge on any atom is -0.493 e. The third kappa shape index (κ3) is 4.14. The van der Waals surface area contributed by atoms with Crippen LogP contribution in [0.3, 0.4) is 0 Å². The Balaban J connectivity index is 1.71. The maximum atomic E-state index is 12.6. The van der Waals surface area contributed by atoms with E-state index in [1.807, 2.05) is 42.6 Å². The van der Waals surface area contributed by atoms with Crippen molar-refractivity contribution >= 4 is 17.2 Å². The van der Waals surface area contributed by atoms with E-state index in [1.54, 1.807) is 32.4 Å². The summed E-state index contributed by atoms with van der Waals surface area (Å²) in [5.41, 5.74) is 1.67. The van der Waals surface area contributed by atoms with Gasteiger partial charge in [0.15, 0.2) is 11.5 Å². The van der Waals surface area contributed by atoms with Crippen LogP contribution in [0.1, 0.15) is 24.4 Å². The highest BCUT2D eigenvalue weighted by Crippen LogP contribution is 2.33. The van der Waals surface area contributed by atoms with Gasteiger partial charge in [-0.15, -0.1) is 11.3 Å². The number of hydrogen-bond donors (Lipinski definition) is 0. The van der Waals surface area contributed by atoms with Crippen LogP contribution in [0.5, 0.6) is 11.5 Å². The number of thiazole rings is 1. The lowest BCUT2D eigenvalue weighted by Crippen LogP contribution is -2.30. The minimum absolute atomic E-state index is 0.0111. The largest absolute Gasteiger partial charge is 0.493 e. The van der Waals surface area contributed by atoms with Gasteiger partial charge < -0.3 is 18.8 Å². The fourth-order valence-corrected chi connectivity index (χ4v) is 3.52. The molecule has 27 heavy (non-hydrogen) atoms. The number of methoxy groups -OCH3 is 2. The number of benzene rings is 1. The van der Waals surface area contributed by atoms with Crippen molar-refractivity contribution in [2.75, 3.05) is 21.3 Å². The first-order valence-electron chi connectivity index (χ1n) is 8.49. The van der Waals surface area contributed by atoms with Crippen LogP contribution in [0.25, 0.3) is 10.6 Å². The van der Waals surface area contributed by atoms with E-state index in [2.05, 4.69) is 4.98 Å². The second kappa shape index (κ2) is 8.26. The fraction of sp³-hybridized carbons (Fsp3) is 0.300. The van der Waals surface area contributed by atoms with Crippen LogP contribution in [0, 0.1) is 0 Å². The first-order valence-corrected chi connectivity index (χ1v) is 9.37. The number of furan rings is 1. The number of likely N-dealkylation sites (N-methyl/N-ethyl adjacent to an activating group) is 1. The van der Waals surface area contributed by atoms with Gasteiger partial charge in [-0.1, -0.05) is 0 Å². The summed E-state index contributed by atoms with van der Waals surface area (Å²) in [6.07, 6.45) is 1.85. The van der Waals surface area contributed by atoms with Crippen LogP contribution in [0.2, 0.25) is 0 Å². The van der Waals surface area contributed by atoms with Crippen LogP contribution < -0.4 is 9.47 Å². The van der Waals surface area contributed by atoms with Crippen molar-refractivity contribution in [1.29, 1.82) is 0 Å². The quantitative estimate of drug-likeness (QED) is 0.609. The number of rotatable bonds is 7. The van der Waals surface area contributed by atoms with Gasteiger partial charge in [-0.3, -0.25) is 4.79 Å². The molecule has 0 spiro atoms. The molecule has 142 valence electrons. The molecule has 1 amide bonds. The van der Waals surface area contributed by atoms with Crippen molar-refractivity contribution in [2.24, 2.45) is 0 Å². The molecule has 1 atom stereocenters. The van der Waals surface area contributed by atoms with Crippen LogP contribution in [0.15, 0.2) is 46.4 Å². The lowest BCUT2D eigenvalue weighted by Gasteiger charge is -2.23. The lowest BCUT2D eigenvalue weighted by atomic mass is 10.2. The van der Waals surface area contributed by atoms with Gasteiger partial charge in [0.2, 0.25) is 5.91 Å². The van der Waals surface area contributed by atoms with E-state index in [1.165, 1.54) is 11.3 Å². The Hall–Kier alpha value is -2.80. The molecule has 0 saturated heterocycles. The Kier molecular flexibility index (Phi) is 5.81.